The summed E-state index contributed by atoms with van der Waals surface area (Å²) < 4.78 is 6.21. The predicted molar refractivity (Wildman–Crippen MR) is 69.6 cm³/mol. The molecule has 1 aliphatic heterocycles. The molecule has 0 unspecified atom stereocenters. The second-order valence-electron chi connectivity index (χ2n) is 5.17. The minimum atomic E-state index is 0.421. The van der Waals surface area contributed by atoms with E-state index < -0.39 is 0 Å². The van der Waals surface area contributed by atoms with Crippen LogP contribution in [0.1, 0.15) is 36.8 Å². The maximum absolute atomic E-state index is 6.21. The smallest absolute Gasteiger partial charge is 0.123 e. The van der Waals surface area contributed by atoms with Crippen LogP contribution >= 0.6 is 0 Å². The van der Waals surface area contributed by atoms with Gasteiger partial charge in [-0.3, -0.25) is 0 Å². The number of benzene rings is 1. The van der Waals surface area contributed by atoms with E-state index in [-0.39, 0.29) is 0 Å². The number of nitrogens with one attached hydrogen (secondary N) is 1. The van der Waals surface area contributed by atoms with Crippen LogP contribution in [0.2, 0.25) is 0 Å². The van der Waals surface area contributed by atoms with E-state index in [0.717, 1.165) is 31.7 Å². The maximum atomic E-state index is 6.21. The van der Waals surface area contributed by atoms with Gasteiger partial charge in [0.25, 0.3) is 0 Å². The Morgan fingerprint density at radius 2 is 1.88 bits per heavy atom. The summed E-state index contributed by atoms with van der Waals surface area (Å²) in [5.74, 6) is 1.16. The molecule has 0 bridgehead atoms. The van der Waals surface area contributed by atoms with E-state index in [1.807, 2.05) is 0 Å². The normalized spacial score (nSPS) is 20.9. The summed E-state index contributed by atoms with van der Waals surface area (Å²) in [5, 5.41) is 3.38. The van der Waals surface area contributed by atoms with Crippen molar-refractivity contribution in [1.29, 1.82) is 0 Å². The number of ether oxygens (including phenoxy) is 1. The van der Waals surface area contributed by atoms with Crippen LogP contribution in [0.4, 0.5) is 0 Å². The van der Waals surface area contributed by atoms with Crippen LogP contribution in [0.25, 0.3) is 0 Å². The van der Waals surface area contributed by atoms with Gasteiger partial charge in [-0.05, 0) is 68.8 Å². The first-order chi connectivity index (χ1) is 8.43. The van der Waals surface area contributed by atoms with E-state index >= 15 is 0 Å². The van der Waals surface area contributed by atoms with Crippen LogP contribution in [0.15, 0.2) is 18.2 Å². The second-order valence-corrected chi connectivity index (χ2v) is 5.17. The summed E-state index contributed by atoms with van der Waals surface area (Å²) in [6.45, 7) is 2.19. The van der Waals surface area contributed by atoms with E-state index in [0.29, 0.717) is 6.10 Å². The summed E-state index contributed by atoms with van der Waals surface area (Å²) in [7, 11) is 0. The molecule has 1 aromatic carbocycles. The van der Waals surface area contributed by atoms with Gasteiger partial charge in [0.15, 0.2) is 0 Å². The Bertz CT molecular complexity index is 383. The predicted octanol–water partition coefficient (Wildman–Crippen LogP) is 2.70. The largest absolute Gasteiger partial charge is 0.490 e. The van der Waals surface area contributed by atoms with E-state index in [9.17, 15) is 0 Å². The van der Waals surface area contributed by atoms with Crippen molar-refractivity contribution < 1.29 is 4.74 Å². The average molecular weight is 231 g/mol. The minimum Gasteiger partial charge on any atom is -0.490 e. The topological polar surface area (TPSA) is 21.3 Å². The molecule has 3 rings (SSSR count). The first-order valence-electron chi connectivity index (χ1n) is 6.91. The van der Waals surface area contributed by atoms with Crippen LogP contribution in [0.5, 0.6) is 5.75 Å². The van der Waals surface area contributed by atoms with Crippen molar-refractivity contribution in [2.45, 2.75) is 44.6 Å². The Hall–Kier alpha value is -1.02. The van der Waals surface area contributed by atoms with Gasteiger partial charge >= 0.3 is 0 Å². The fourth-order valence-corrected chi connectivity index (χ4v) is 2.95. The van der Waals surface area contributed by atoms with Crippen molar-refractivity contribution in [1.82, 2.24) is 5.32 Å². The highest BCUT2D eigenvalue weighted by molar-refractivity contribution is 5.41. The van der Waals surface area contributed by atoms with E-state index in [4.69, 9.17) is 4.74 Å². The van der Waals surface area contributed by atoms with Gasteiger partial charge in [0.05, 0.1) is 0 Å². The second kappa shape index (κ2) is 5.09. The van der Waals surface area contributed by atoms with Crippen molar-refractivity contribution in [3.8, 4) is 5.75 Å². The lowest BCUT2D eigenvalue weighted by Crippen LogP contribution is -2.34. The summed E-state index contributed by atoms with van der Waals surface area (Å²) >= 11 is 0. The first-order valence-corrected chi connectivity index (χ1v) is 6.91. The van der Waals surface area contributed by atoms with Crippen molar-refractivity contribution in [3.05, 3.63) is 29.3 Å². The molecular formula is C15H21NO. The highest BCUT2D eigenvalue weighted by Crippen LogP contribution is 2.30. The van der Waals surface area contributed by atoms with Crippen molar-refractivity contribution >= 4 is 0 Å². The molecule has 0 spiro atoms. The molecule has 2 aliphatic rings. The van der Waals surface area contributed by atoms with Crippen molar-refractivity contribution in [3.63, 3.8) is 0 Å². The Morgan fingerprint density at radius 1 is 1.06 bits per heavy atom. The fraction of sp³-hybridized carbons (Fsp3) is 0.600. The molecule has 1 N–H and O–H groups in total. The molecule has 2 heteroatoms. The molecule has 1 heterocycles. The number of aryl methyl sites for hydroxylation is 1. The van der Waals surface area contributed by atoms with Crippen LogP contribution in [-0.2, 0) is 12.8 Å². The van der Waals surface area contributed by atoms with Crippen LogP contribution in [-0.4, -0.2) is 19.2 Å². The lowest BCUT2D eigenvalue weighted by Gasteiger charge is -2.27. The van der Waals surface area contributed by atoms with Gasteiger partial charge in [0.1, 0.15) is 11.9 Å². The van der Waals surface area contributed by atoms with Gasteiger partial charge in [-0.15, -0.1) is 0 Å². The van der Waals surface area contributed by atoms with E-state index in [1.165, 1.54) is 36.8 Å². The average Bonchev–Trinajstić information content (AvgIpc) is 2.40. The van der Waals surface area contributed by atoms with Crippen LogP contribution in [0.3, 0.4) is 0 Å². The Balaban J connectivity index is 1.77. The van der Waals surface area contributed by atoms with Gasteiger partial charge < -0.3 is 10.1 Å². The van der Waals surface area contributed by atoms with Gasteiger partial charge in [-0.2, -0.15) is 0 Å². The van der Waals surface area contributed by atoms with E-state index in [1.54, 1.807) is 0 Å². The Labute approximate surface area is 103 Å². The molecule has 1 fully saturated rings. The zero-order chi connectivity index (χ0) is 11.5. The van der Waals surface area contributed by atoms with Gasteiger partial charge in [0, 0.05) is 0 Å². The fourth-order valence-electron chi connectivity index (χ4n) is 2.95. The summed E-state index contributed by atoms with van der Waals surface area (Å²) in [4.78, 5) is 0. The number of piperidine rings is 1. The molecule has 0 amide bonds. The van der Waals surface area contributed by atoms with Crippen LogP contribution in [0, 0.1) is 0 Å². The standard InChI is InChI=1S/C15H21NO/c1-2-6-14-12(4-1)5-3-7-15(14)17-13-8-10-16-11-9-13/h3,5,7,13,16H,1-2,4,6,8-11H2. The molecule has 0 saturated carbocycles. The summed E-state index contributed by atoms with van der Waals surface area (Å²) in [6.07, 6.45) is 7.80. The monoisotopic (exact) mass is 231 g/mol. The molecule has 17 heavy (non-hydrogen) atoms. The Morgan fingerprint density at radius 3 is 2.76 bits per heavy atom. The maximum Gasteiger partial charge on any atom is 0.123 e. The SMILES string of the molecule is c1cc2c(c(OC3CCNCC3)c1)CCCC2. The molecule has 2 nitrogen and oxygen atoms in total. The molecule has 0 aromatic heterocycles. The van der Waals surface area contributed by atoms with Gasteiger partial charge in [-0.1, -0.05) is 12.1 Å². The first kappa shape index (κ1) is 11.1. The third-order valence-electron chi connectivity index (χ3n) is 3.93. The summed E-state index contributed by atoms with van der Waals surface area (Å²) in [5.41, 5.74) is 3.00. The highest BCUT2D eigenvalue weighted by Gasteiger charge is 2.18. The van der Waals surface area contributed by atoms with Crippen molar-refractivity contribution in [2.75, 3.05) is 13.1 Å². The van der Waals surface area contributed by atoms with Crippen molar-refractivity contribution in [2.24, 2.45) is 0 Å². The minimum absolute atomic E-state index is 0.421. The van der Waals surface area contributed by atoms with E-state index in [2.05, 4.69) is 23.5 Å². The third kappa shape index (κ3) is 2.47. The Kier molecular flexibility index (Phi) is 3.32. The quantitative estimate of drug-likeness (QED) is 0.845. The lowest BCUT2D eigenvalue weighted by molar-refractivity contribution is 0.160. The van der Waals surface area contributed by atoms with Gasteiger partial charge in [-0.25, -0.2) is 0 Å². The molecular weight excluding hydrogens is 210 g/mol. The molecule has 92 valence electrons. The highest BCUT2D eigenvalue weighted by atomic mass is 16.5. The van der Waals surface area contributed by atoms with Gasteiger partial charge in [0.2, 0.25) is 0 Å². The number of fused-ring (bicyclic) bond motifs is 1. The number of hydrogen-bond acceptors (Lipinski definition) is 2. The molecule has 0 atom stereocenters. The number of rotatable bonds is 2. The third-order valence-corrected chi connectivity index (χ3v) is 3.93. The zero-order valence-corrected chi connectivity index (χ0v) is 10.4. The molecule has 1 saturated heterocycles. The zero-order valence-electron chi connectivity index (χ0n) is 10.4. The lowest BCUT2D eigenvalue weighted by atomic mass is 9.91. The molecule has 0 radical (unpaired) electrons. The summed E-state index contributed by atoms with van der Waals surface area (Å²) in [6, 6.07) is 6.58. The van der Waals surface area contributed by atoms with Crippen LogP contribution < -0.4 is 10.1 Å². The molecule has 1 aromatic rings. The molecule has 1 aliphatic carbocycles. The number of hydrogen-bond donors (Lipinski definition) is 1.